The molecule has 1 aliphatic rings. The van der Waals surface area contributed by atoms with Crippen molar-refractivity contribution in [1.29, 1.82) is 0 Å². The Kier molecular flexibility index (Phi) is 17.0. The zero-order chi connectivity index (χ0) is 35.1. The van der Waals surface area contributed by atoms with Crippen LogP contribution in [0.2, 0.25) is 0 Å². The summed E-state index contributed by atoms with van der Waals surface area (Å²) in [7, 11) is 0. The molecule has 6 atom stereocenters. The van der Waals surface area contributed by atoms with Crippen molar-refractivity contribution in [3.8, 4) is 0 Å². The number of thioether (sulfide) groups is 1. The fraction of sp³-hybridized carbons (Fsp3) is 0.714. The van der Waals surface area contributed by atoms with Crippen LogP contribution in [-0.2, 0) is 38.4 Å². The number of hydrogen-bond acceptors (Lipinski definition) is 10. The molecule has 1 heterocycles. The Morgan fingerprint density at radius 1 is 0.848 bits per heavy atom. The smallest absolute Gasteiger partial charge is 0.326 e. The minimum atomic E-state index is -1.41. The lowest BCUT2D eigenvalue weighted by Gasteiger charge is -2.30. The molecule has 0 aromatic carbocycles. The molecule has 260 valence electrons. The van der Waals surface area contributed by atoms with E-state index in [1.165, 1.54) is 23.6 Å². The Bertz CT molecular complexity index is 1140. The molecule has 0 bridgehead atoms. The van der Waals surface area contributed by atoms with E-state index < -0.39 is 90.0 Å². The van der Waals surface area contributed by atoms with Crippen LogP contribution in [0, 0.1) is 5.92 Å². The summed E-state index contributed by atoms with van der Waals surface area (Å²) in [4.78, 5) is 101. The lowest BCUT2D eigenvalue weighted by Crippen LogP contribution is -2.59. The van der Waals surface area contributed by atoms with Crippen molar-refractivity contribution in [3.63, 3.8) is 0 Å². The third kappa shape index (κ3) is 13.6. The van der Waals surface area contributed by atoms with Crippen LogP contribution < -0.4 is 38.5 Å². The van der Waals surface area contributed by atoms with E-state index in [0.717, 1.165) is 0 Å². The second kappa shape index (κ2) is 19.6. The molecule has 0 aromatic heterocycles. The largest absolute Gasteiger partial charge is 0.480 e. The third-order valence-corrected chi connectivity index (χ3v) is 7.86. The van der Waals surface area contributed by atoms with Crippen LogP contribution in [0.4, 0.5) is 0 Å². The van der Waals surface area contributed by atoms with Crippen LogP contribution in [0.5, 0.6) is 0 Å². The van der Waals surface area contributed by atoms with E-state index in [1.807, 2.05) is 20.1 Å². The van der Waals surface area contributed by atoms with Gasteiger partial charge in [-0.05, 0) is 57.0 Å². The van der Waals surface area contributed by atoms with Gasteiger partial charge in [0.25, 0.3) is 0 Å². The summed E-state index contributed by atoms with van der Waals surface area (Å²) in [5, 5.41) is 19.2. The van der Waals surface area contributed by atoms with Gasteiger partial charge < -0.3 is 48.5 Å². The molecule has 1 fully saturated rings. The maximum Gasteiger partial charge on any atom is 0.326 e. The fourth-order valence-corrected chi connectivity index (χ4v) is 5.24. The van der Waals surface area contributed by atoms with E-state index in [0.29, 0.717) is 18.6 Å². The first kappa shape index (κ1) is 40.1. The maximum absolute atomic E-state index is 13.5. The molecule has 1 saturated heterocycles. The number of rotatable bonds is 20. The van der Waals surface area contributed by atoms with Gasteiger partial charge in [0.1, 0.15) is 30.2 Å². The zero-order valence-corrected chi connectivity index (χ0v) is 27.5. The number of carbonyl (C=O) groups is 8. The second-order valence-corrected chi connectivity index (χ2v) is 12.6. The summed E-state index contributed by atoms with van der Waals surface area (Å²) < 4.78 is 0. The standard InChI is InChI=1S/C28H48N8O9S/c1-14(2)12-18(25(41)32-15(3)23(39)33-17(28(44)45)7-8-21(30)37)34-26(42)20-6-5-10-36(20)27(43)19(13-22(31)38)35-24(40)16(29)9-11-46-4/h14-20H,5-13,29H2,1-4H3,(H2,30,37)(H2,31,38)(H,32,41)(H,33,39)(H,34,42)(H,35,40)(H,44,45)/t15-,16-,17-,18-,19-,20-/m0/s1. The lowest BCUT2D eigenvalue weighted by molar-refractivity contribution is -0.143. The number of primary amides is 2. The molecule has 18 heteroatoms. The van der Waals surface area contributed by atoms with Gasteiger partial charge in [-0.25, -0.2) is 4.79 Å². The average molecular weight is 673 g/mol. The topological polar surface area (TPSA) is 286 Å². The minimum Gasteiger partial charge on any atom is -0.480 e. The molecule has 11 N–H and O–H groups in total. The molecule has 7 amide bonds. The summed E-state index contributed by atoms with van der Waals surface area (Å²) in [6, 6.07) is -7.02. The Morgan fingerprint density at radius 3 is 2.02 bits per heavy atom. The number of nitrogens with zero attached hydrogens (tertiary/aromatic N) is 1. The Labute approximate surface area is 272 Å². The molecule has 1 rings (SSSR count). The van der Waals surface area contributed by atoms with E-state index in [2.05, 4.69) is 21.3 Å². The normalized spacial score (nSPS) is 17.6. The SMILES string of the molecule is CSCC[C@H](N)C(=O)N[C@@H](CC(N)=O)C(=O)N1CCC[C@H]1C(=O)N[C@@H](CC(C)C)C(=O)N[C@@H](C)C(=O)N[C@@H](CCC(N)=O)C(=O)O. The van der Waals surface area contributed by atoms with Crippen LogP contribution in [0.1, 0.15) is 65.7 Å². The van der Waals surface area contributed by atoms with E-state index in [4.69, 9.17) is 17.2 Å². The van der Waals surface area contributed by atoms with Gasteiger partial charge in [0.15, 0.2) is 0 Å². The van der Waals surface area contributed by atoms with Crippen LogP contribution in [0.3, 0.4) is 0 Å². The first-order chi connectivity index (χ1) is 21.5. The summed E-state index contributed by atoms with van der Waals surface area (Å²) in [6.45, 7) is 5.10. The van der Waals surface area contributed by atoms with E-state index in [1.54, 1.807) is 0 Å². The highest BCUT2D eigenvalue weighted by molar-refractivity contribution is 7.98. The van der Waals surface area contributed by atoms with E-state index in [-0.39, 0.29) is 38.1 Å². The number of amides is 7. The monoisotopic (exact) mass is 672 g/mol. The maximum atomic E-state index is 13.5. The highest BCUT2D eigenvalue weighted by Crippen LogP contribution is 2.20. The van der Waals surface area contributed by atoms with Gasteiger partial charge in [-0.1, -0.05) is 13.8 Å². The van der Waals surface area contributed by atoms with Gasteiger partial charge in [0.2, 0.25) is 41.4 Å². The quantitative estimate of drug-likeness (QED) is 0.0658. The molecule has 0 radical (unpaired) electrons. The molecule has 0 spiro atoms. The average Bonchev–Trinajstić information content (AvgIpc) is 3.46. The zero-order valence-electron chi connectivity index (χ0n) is 26.7. The highest BCUT2D eigenvalue weighted by Gasteiger charge is 2.40. The molecule has 0 aromatic rings. The van der Waals surface area contributed by atoms with Crippen LogP contribution in [-0.4, -0.2) is 112 Å². The van der Waals surface area contributed by atoms with Crippen LogP contribution >= 0.6 is 11.8 Å². The summed E-state index contributed by atoms with van der Waals surface area (Å²) in [6.07, 6.45) is 2.02. The predicted octanol–water partition coefficient (Wildman–Crippen LogP) is -2.71. The minimum absolute atomic E-state index is 0.0860. The van der Waals surface area contributed by atoms with Gasteiger partial charge in [0.05, 0.1) is 12.5 Å². The first-order valence-corrected chi connectivity index (χ1v) is 16.4. The number of carbonyl (C=O) groups excluding carboxylic acids is 7. The summed E-state index contributed by atoms with van der Waals surface area (Å²) >= 11 is 1.49. The molecule has 17 nitrogen and oxygen atoms in total. The van der Waals surface area contributed by atoms with Crippen molar-refractivity contribution < 1.29 is 43.5 Å². The van der Waals surface area contributed by atoms with Crippen molar-refractivity contribution in [2.45, 2.75) is 102 Å². The van der Waals surface area contributed by atoms with E-state index in [9.17, 15) is 43.5 Å². The second-order valence-electron chi connectivity index (χ2n) is 11.6. The third-order valence-electron chi connectivity index (χ3n) is 7.21. The first-order valence-electron chi connectivity index (χ1n) is 15.0. The summed E-state index contributed by atoms with van der Waals surface area (Å²) in [5.41, 5.74) is 16.3. The number of nitrogens with two attached hydrogens (primary N) is 3. The number of carboxylic acid groups (broad SMARTS) is 1. The molecule has 0 aliphatic carbocycles. The van der Waals surface area contributed by atoms with Gasteiger partial charge in [-0.15, -0.1) is 0 Å². The van der Waals surface area contributed by atoms with Gasteiger partial charge in [-0.3, -0.25) is 33.6 Å². The predicted molar refractivity (Wildman–Crippen MR) is 168 cm³/mol. The number of nitrogens with one attached hydrogen (secondary N) is 4. The van der Waals surface area contributed by atoms with Crippen LogP contribution in [0.15, 0.2) is 0 Å². The molecule has 0 saturated carbocycles. The Morgan fingerprint density at radius 2 is 1.48 bits per heavy atom. The van der Waals surface area contributed by atoms with Gasteiger partial charge >= 0.3 is 5.97 Å². The number of hydrogen-bond donors (Lipinski definition) is 8. The van der Waals surface area contributed by atoms with Crippen molar-refractivity contribution >= 4 is 59.1 Å². The lowest BCUT2D eigenvalue weighted by atomic mass is 10.0. The number of aliphatic carboxylic acids is 1. The Hall–Kier alpha value is -3.93. The van der Waals surface area contributed by atoms with Crippen LogP contribution in [0.25, 0.3) is 0 Å². The van der Waals surface area contributed by atoms with E-state index >= 15 is 0 Å². The molecule has 0 unspecified atom stereocenters. The molecular formula is C28H48N8O9S. The molecule has 46 heavy (non-hydrogen) atoms. The van der Waals surface area contributed by atoms with Crippen molar-refractivity contribution in [1.82, 2.24) is 26.2 Å². The number of likely N-dealkylation sites (tertiary alicyclic amines) is 1. The fourth-order valence-electron chi connectivity index (χ4n) is 4.75. The molecule has 1 aliphatic heterocycles. The van der Waals surface area contributed by atoms with Gasteiger partial charge in [-0.2, -0.15) is 11.8 Å². The summed E-state index contributed by atoms with van der Waals surface area (Å²) in [5.74, 6) is -5.98. The highest BCUT2D eigenvalue weighted by atomic mass is 32.2. The van der Waals surface area contributed by atoms with Crippen molar-refractivity contribution in [2.75, 3.05) is 18.6 Å². The number of carboxylic acids is 1. The molecular weight excluding hydrogens is 624 g/mol. The Balaban J connectivity index is 3.02. The van der Waals surface area contributed by atoms with Gasteiger partial charge in [0, 0.05) is 13.0 Å². The van der Waals surface area contributed by atoms with Crippen molar-refractivity contribution in [2.24, 2.45) is 23.1 Å². The van der Waals surface area contributed by atoms with Crippen molar-refractivity contribution in [3.05, 3.63) is 0 Å².